The van der Waals surface area contributed by atoms with E-state index in [9.17, 15) is 33.6 Å². The summed E-state index contributed by atoms with van der Waals surface area (Å²) in [4.78, 5) is 11.9. The molecule has 2 aliphatic heterocycles. The van der Waals surface area contributed by atoms with E-state index < -0.39 is 83.5 Å². The zero-order chi connectivity index (χ0) is 29.2. The summed E-state index contributed by atoms with van der Waals surface area (Å²) in [6.45, 7) is 6.00. The highest BCUT2D eigenvalue weighted by Crippen LogP contribution is 2.34. The number of carboxylic acid groups (broad SMARTS) is 1. The Morgan fingerprint density at radius 2 is 1.49 bits per heavy atom. The molecule has 0 bridgehead atoms. The lowest BCUT2D eigenvalue weighted by Gasteiger charge is -2.44. The van der Waals surface area contributed by atoms with E-state index in [0.29, 0.717) is 26.2 Å². The van der Waals surface area contributed by atoms with E-state index in [1.54, 1.807) is 6.92 Å². The second-order valence-corrected chi connectivity index (χ2v) is 11.0. The van der Waals surface area contributed by atoms with Crippen molar-refractivity contribution in [1.82, 2.24) is 0 Å². The number of aliphatic carboxylic acids is 1. The number of hydrogen-bond acceptors (Lipinski definition) is 12. The van der Waals surface area contributed by atoms with E-state index >= 15 is 0 Å². The third-order valence-electron chi connectivity index (χ3n) is 7.18. The molecule has 10 atom stereocenters. The Hall–Kier alpha value is -0.980. The molecule has 2 fully saturated rings. The number of aliphatic hydroxyl groups is 3. The molecule has 0 spiro atoms. The van der Waals surface area contributed by atoms with Crippen molar-refractivity contribution < 1.29 is 66.1 Å². The molecule has 0 aliphatic carbocycles. The second kappa shape index (κ2) is 16.5. The number of rotatable bonds is 17. The molecule has 230 valence electrons. The molecule has 2 saturated heterocycles. The van der Waals surface area contributed by atoms with Crippen molar-refractivity contribution in [1.29, 1.82) is 0 Å². The maximum atomic E-state index is 11.9. The molecule has 4 unspecified atom stereocenters. The lowest BCUT2D eigenvalue weighted by Crippen LogP contribution is -2.58. The van der Waals surface area contributed by atoms with Crippen LogP contribution in [0.15, 0.2) is 0 Å². The van der Waals surface area contributed by atoms with Gasteiger partial charge in [-0.2, -0.15) is 8.42 Å². The number of hydrogen-bond donors (Lipinski definition) is 5. The summed E-state index contributed by atoms with van der Waals surface area (Å²) in [6.07, 6.45) is -6.41. The number of ether oxygens (including phenoxy) is 5. The molecule has 0 radical (unpaired) electrons. The van der Waals surface area contributed by atoms with E-state index in [1.807, 2.05) is 13.8 Å². The Labute approximate surface area is 229 Å². The minimum absolute atomic E-state index is 0.140. The van der Waals surface area contributed by atoms with Crippen molar-refractivity contribution in [3.8, 4) is 0 Å². The summed E-state index contributed by atoms with van der Waals surface area (Å²) in [7, 11) is -4.74. The second-order valence-electron chi connectivity index (χ2n) is 9.94. The van der Waals surface area contributed by atoms with Crippen molar-refractivity contribution in [3.63, 3.8) is 0 Å². The Morgan fingerprint density at radius 1 is 0.795 bits per heavy atom. The first-order chi connectivity index (χ1) is 18.4. The lowest BCUT2D eigenvalue weighted by molar-refractivity contribution is -0.228. The highest BCUT2D eigenvalue weighted by molar-refractivity contribution is 7.80. The van der Waals surface area contributed by atoms with E-state index in [2.05, 4.69) is 4.18 Å². The van der Waals surface area contributed by atoms with Crippen LogP contribution in [0, 0.1) is 17.8 Å². The molecule has 0 amide bonds. The number of carboxylic acids is 1. The molecule has 0 aromatic carbocycles. The SMILES string of the molecule is CCCOCC[C@@H]1OC(C(=O)O)[C@@H](COC[C@H]2OC(COS(=O)(=O)O)[C@@H](CCOCC)[C@@H](O)C2C)[C@@H](O)C1O. The fraction of sp³-hybridized carbons (Fsp3) is 0.958. The molecular formula is C24H44O14S. The van der Waals surface area contributed by atoms with Gasteiger partial charge in [0.2, 0.25) is 0 Å². The molecule has 2 rings (SSSR count). The fourth-order valence-corrected chi connectivity index (χ4v) is 5.27. The van der Waals surface area contributed by atoms with Gasteiger partial charge in [-0.05, 0) is 26.2 Å². The largest absolute Gasteiger partial charge is 0.479 e. The molecule has 15 heteroatoms. The highest BCUT2D eigenvalue weighted by Gasteiger charge is 2.48. The topological polar surface area (TPSA) is 208 Å². The van der Waals surface area contributed by atoms with Gasteiger partial charge in [0.1, 0.15) is 6.10 Å². The van der Waals surface area contributed by atoms with Crippen LogP contribution in [0.1, 0.15) is 40.0 Å². The van der Waals surface area contributed by atoms with Gasteiger partial charge >= 0.3 is 16.4 Å². The van der Waals surface area contributed by atoms with Crippen molar-refractivity contribution in [2.75, 3.05) is 46.2 Å². The predicted octanol–water partition coefficient (Wildman–Crippen LogP) is -0.364. The predicted molar refractivity (Wildman–Crippen MR) is 134 cm³/mol. The summed E-state index contributed by atoms with van der Waals surface area (Å²) in [6, 6.07) is 0. The minimum atomic E-state index is -4.74. The van der Waals surface area contributed by atoms with Crippen LogP contribution < -0.4 is 0 Å². The molecule has 0 saturated carbocycles. The molecular weight excluding hydrogens is 544 g/mol. The third-order valence-corrected chi connectivity index (χ3v) is 7.62. The van der Waals surface area contributed by atoms with Gasteiger partial charge in [0, 0.05) is 44.2 Å². The third kappa shape index (κ3) is 10.4. The van der Waals surface area contributed by atoms with E-state index in [4.69, 9.17) is 28.2 Å². The Bertz CT molecular complexity index is 826. The van der Waals surface area contributed by atoms with Gasteiger partial charge in [0.05, 0.1) is 50.3 Å². The molecule has 2 aliphatic rings. The van der Waals surface area contributed by atoms with Crippen LogP contribution in [0.25, 0.3) is 0 Å². The number of aliphatic hydroxyl groups excluding tert-OH is 3. The van der Waals surface area contributed by atoms with Crippen LogP contribution in [0.5, 0.6) is 0 Å². The van der Waals surface area contributed by atoms with Gasteiger partial charge in [-0.1, -0.05) is 13.8 Å². The molecule has 14 nitrogen and oxygen atoms in total. The summed E-state index contributed by atoms with van der Waals surface area (Å²) in [5.74, 6) is -3.43. The Morgan fingerprint density at radius 3 is 2.10 bits per heavy atom. The van der Waals surface area contributed by atoms with E-state index in [-0.39, 0.29) is 26.2 Å². The van der Waals surface area contributed by atoms with Crippen LogP contribution in [0.2, 0.25) is 0 Å². The quantitative estimate of drug-likeness (QED) is 0.109. The highest BCUT2D eigenvalue weighted by atomic mass is 32.3. The fourth-order valence-electron chi connectivity index (χ4n) is 4.96. The van der Waals surface area contributed by atoms with Crippen molar-refractivity contribution in [2.45, 2.75) is 82.8 Å². The Kier molecular flexibility index (Phi) is 14.4. The molecule has 5 N–H and O–H groups in total. The lowest BCUT2D eigenvalue weighted by atomic mass is 9.80. The van der Waals surface area contributed by atoms with Crippen LogP contribution in [-0.2, 0) is 43.1 Å². The van der Waals surface area contributed by atoms with Gasteiger partial charge in [-0.15, -0.1) is 0 Å². The average molecular weight is 589 g/mol. The summed E-state index contributed by atoms with van der Waals surface area (Å²) < 4.78 is 63.8. The first-order valence-electron chi connectivity index (χ1n) is 13.3. The molecule has 2 heterocycles. The summed E-state index contributed by atoms with van der Waals surface area (Å²) in [5.41, 5.74) is 0. The summed E-state index contributed by atoms with van der Waals surface area (Å²) >= 11 is 0. The summed E-state index contributed by atoms with van der Waals surface area (Å²) in [5, 5.41) is 41.9. The van der Waals surface area contributed by atoms with Crippen molar-refractivity contribution in [3.05, 3.63) is 0 Å². The Balaban J connectivity index is 2.01. The molecule has 39 heavy (non-hydrogen) atoms. The van der Waals surface area contributed by atoms with Gasteiger partial charge < -0.3 is 44.1 Å². The normalized spacial score (nSPS) is 35.7. The maximum Gasteiger partial charge on any atom is 0.397 e. The van der Waals surface area contributed by atoms with Crippen LogP contribution in [-0.4, -0.2) is 128 Å². The monoisotopic (exact) mass is 588 g/mol. The van der Waals surface area contributed by atoms with Gasteiger partial charge in [0.25, 0.3) is 0 Å². The van der Waals surface area contributed by atoms with Crippen LogP contribution >= 0.6 is 0 Å². The zero-order valence-electron chi connectivity index (χ0n) is 22.7. The molecule has 0 aromatic heterocycles. The smallest absolute Gasteiger partial charge is 0.397 e. The standard InChI is InChI=1S/C24H44O14S/c1-4-8-34-10-7-17-22(27)21(26)16(23(38-17)24(28)29)11-35-12-18-14(3)20(25)15(6-9-33-5-2)19(37-18)13-36-39(30,31)32/h14-23,25-27H,4-13H2,1-3H3,(H,28,29)(H,30,31,32)/t14?,15-,16+,17+,18-,19?,20+,21-,22?,23?/m1/s1. The maximum absolute atomic E-state index is 11.9. The zero-order valence-corrected chi connectivity index (χ0v) is 23.5. The van der Waals surface area contributed by atoms with Gasteiger partial charge in [-0.3, -0.25) is 4.55 Å². The average Bonchev–Trinajstić information content (AvgIpc) is 2.87. The van der Waals surface area contributed by atoms with Crippen molar-refractivity contribution in [2.24, 2.45) is 17.8 Å². The van der Waals surface area contributed by atoms with Gasteiger partial charge in [0.15, 0.2) is 6.10 Å². The van der Waals surface area contributed by atoms with Crippen molar-refractivity contribution >= 4 is 16.4 Å². The molecule has 0 aromatic rings. The minimum Gasteiger partial charge on any atom is -0.479 e. The van der Waals surface area contributed by atoms with E-state index in [1.165, 1.54) is 0 Å². The first kappa shape index (κ1) is 34.2. The van der Waals surface area contributed by atoms with Crippen LogP contribution in [0.4, 0.5) is 0 Å². The number of carbonyl (C=O) groups is 1. The first-order valence-corrected chi connectivity index (χ1v) is 14.7. The van der Waals surface area contributed by atoms with E-state index in [0.717, 1.165) is 6.42 Å². The van der Waals surface area contributed by atoms with Crippen LogP contribution in [0.3, 0.4) is 0 Å². The van der Waals surface area contributed by atoms with Gasteiger partial charge in [-0.25, -0.2) is 8.98 Å².